The fourth-order valence-electron chi connectivity index (χ4n) is 3.07. The molecule has 142 valence electrons. The van der Waals surface area contributed by atoms with E-state index in [4.69, 9.17) is 9.26 Å². The van der Waals surface area contributed by atoms with Crippen LogP contribution in [-0.2, 0) is 11.3 Å². The Morgan fingerprint density at radius 2 is 2.07 bits per heavy atom. The number of amides is 3. The summed E-state index contributed by atoms with van der Waals surface area (Å²) in [4.78, 5) is 30.8. The van der Waals surface area contributed by atoms with Gasteiger partial charge >= 0.3 is 12.1 Å². The molecule has 2 aliphatic heterocycles. The van der Waals surface area contributed by atoms with Crippen LogP contribution in [0.4, 0.5) is 18.4 Å². The van der Waals surface area contributed by atoms with E-state index >= 15 is 0 Å². The molecule has 0 saturated carbocycles. The van der Waals surface area contributed by atoms with Crippen molar-refractivity contribution in [2.75, 3.05) is 26.2 Å². The van der Waals surface area contributed by atoms with E-state index in [1.807, 2.05) is 0 Å². The molecular formula is C16H15F2N5O4. The molecule has 2 fully saturated rings. The van der Waals surface area contributed by atoms with Crippen LogP contribution in [0.25, 0.3) is 11.5 Å². The normalized spacial score (nSPS) is 19.0. The average Bonchev–Trinajstić information content (AvgIpc) is 3.26. The second-order valence-electron chi connectivity index (χ2n) is 6.14. The summed E-state index contributed by atoms with van der Waals surface area (Å²) in [5.41, 5.74) is -0.412. The van der Waals surface area contributed by atoms with Gasteiger partial charge in [-0.25, -0.2) is 18.4 Å². The Hall–Kier alpha value is -3.24. The van der Waals surface area contributed by atoms with Crippen LogP contribution in [0.2, 0.25) is 0 Å². The van der Waals surface area contributed by atoms with Crippen molar-refractivity contribution < 1.29 is 27.6 Å². The van der Waals surface area contributed by atoms with E-state index in [0.29, 0.717) is 19.6 Å². The van der Waals surface area contributed by atoms with Crippen molar-refractivity contribution in [1.29, 1.82) is 0 Å². The van der Waals surface area contributed by atoms with Gasteiger partial charge in [-0.1, -0.05) is 11.2 Å². The monoisotopic (exact) mass is 379 g/mol. The summed E-state index contributed by atoms with van der Waals surface area (Å²) in [5.74, 6) is -1.86. The van der Waals surface area contributed by atoms with Crippen molar-refractivity contribution >= 4 is 12.1 Å². The van der Waals surface area contributed by atoms with E-state index in [1.54, 1.807) is 9.80 Å². The van der Waals surface area contributed by atoms with Crippen LogP contribution in [0.5, 0.6) is 0 Å². The highest BCUT2D eigenvalue weighted by Crippen LogP contribution is 2.24. The van der Waals surface area contributed by atoms with Gasteiger partial charge in [-0.3, -0.25) is 4.90 Å². The Kier molecular flexibility index (Phi) is 4.34. The van der Waals surface area contributed by atoms with Gasteiger partial charge in [0.15, 0.2) is 5.82 Å². The highest BCUT2D eigenvalue weighted by Gasteiger charge is 2.38. The Bertz CT molecular complexity index is 869. The first-order chi connectivity index (χ1) is 13.0. The minimum absolute atomic E-state index is 0.0707. The van der Waals surface area contributed by atoms with Crippen LogP contribution in [0.3, 0.4) is 0 Å². The van der Waals surface area contributed by atoms with E-state index in [9.17, 15) is 18.4 Å². The number of cyclic esters (lactones) is 1. The van der Waals surface area contributed by atoms with Crippen LogP contribution in [0.1, 0.15) is 5.82 Å². The number of nitrogens with one attached hydrogen (secondary N) is 1. The van der Waals surface area contributed by atoms with Crippen molar-refractivity contribution in [3.8, 4) is 11.5 Å². The van der Waals surface area contributed by atoms with Crippen LogP contribution in [0.15, 0.2) is 22.7 Å². The number of hydrogen-bond acceptors (Lipinski definition) is 6. The van der Waals surface area contributed by atoms with Gasteiger partial charge in [0.1, 0.15) is 23.8 Å². The molecule has 2 aliphatic rings. The molecule has 1 N–H and O–H groups in total. The minimum atomic E-state index is -0.819. The zero-order valence-corrected chi connectivity index (χ0v) is 14.0. The van der Waals surface area contributed by atoms with E-state index in [0.717, 1.165) is 12.1 Å². The molecule has 1 unspecified atom stereocenters. The maximum absolute atomic E-state index is 13.8. The van der Waals surface area contributed by atoms with Gasteiger partial charge in [0.05, 0.1) is 12.6 Å². The van der Waals surface area contributed by atoms with E-state index in [-0.39, 0.29) is 43.0 Å². The number of aromatic nitrogens is 2. The third-order valence-corrected chi connectivity index (χ3v) is 4.45. The van der Waals surface area contributed by atoms with E-state index in [2.05, 4.69) is 15.5 Å². The van der Waals surface area contributed by atoms with Crippen molar-refractivity contribution in [3.05, 3.63) is 35.7 Å². The maximum Gasteiger partial charge on any atom is 0.410 e. The first-order valence-corrected chi connectivity index (χ1v) is 8.26. The Balaban J connectivity index is 1.36. The predicted molar refractivity (Wildman–Crippen MR) is 85.3 cm³/mol. The highest BCUT2D eigenvalue weighted by atomic mass is 19.1. The first-order valence-electron chi connectivity index (χ1n) is 8.26. The Labute approximate surface area is 151 Å². The first kappa shape index (κ1) is 17.2. The summed E-state index contributed by atoms with van der Waals surface area (Å²) in [6.07, 6.45) is -0.361. The van der Waals surface area contributed by atoms with Gasteiger partial charge in [0, 0.05) is 19.6 Å². The average molecular weight is 379 g/mol. The van der Waals surface area contributed by atoms with Crippen LogP contribution in [0, 0.1) is 11.6 Å². The second kappa shape index (κ2) is 6.82. The molecule has 3 heterocycles. The fraction of sp³-hybridized carbons (Fsp3) is 0.375. The van der Waals surface area contributed by atoms with Crippen molar-refractivity contribution in [2.45, 2.75) is 12.6 Å². The number of carbonyl (C=O) groups excluding carboxylic acids is 2. The molecule has 9 nitrogen and oxygen atoms in total. The third-order valence-electron chi connectivity index (χ3n) is 4.45. The molecule has 4 rings (SSSR count). The van der Waals surface area contributed by atoms with Crippen molar-refractivity contribution in [1.82, 2.24) is 25.3 Å². The van der Waals surface area contributed by atoms with Gasteiger partial charge < -0.3 is 19.5 Å². The summed E-state index contributed by atoms with van der Waals surface area (Å²) in [6.45, 7) is 1.31. The van der Waals surface area contributed by atoms with Gasteiger partial charge in [-0.2, -0.15) is 4.98 Å². The number of benzene rings is 1. The number of urea groups is 1. The van der Waals surface area contributed by atoms with Crippen molar-refractivity contribution in [3.63, 3.8) is 0 Å². The topological polar surface area (TPSA) is 101 Å². The van der Waals surface area contributed by atoms with E-state index in [1.165, 1.54) is 6.07 Å². The predicted octanol–water partition coefficient (Wildman–Crippen LogP) is 1.36. The van der Waals surface area contributed by atoms with E-state index < -0.39 is 17.2 Å². The number of piperazine rings is 1. The molecule has 1 aromatic heterocycles. The fourth-order valence-corrected chi connectivity index (χ4v) is 3.07. The minimum Gasteiger partial charge on any atom is -0.447 e. The molecule has 0 aliphatic carbocycles. The number of halogens is 2. The summed E-state index contributed by atoms with van der Waals surface area (Å²) in [6, 6.07) is 2.88. The SMILES string of the molecule is O=C(NCc1noc(-c2c(F)cccc2F)n1)N1CCN2C(=O)OCC2C1. The molecule has 2 aromatic rings. The standard InChI is InChI=1S/C16H15F2N5O4/c17-10-2-1-3-11(18)13(10)14-20-12(21-27-14)6-19-15(24)22-4-5-23-9(7-22)8-26-16(23)25/h1-3,9H,4-8H2,(H,19,24). The summed E-state index contributed by atoms with van der Waals surface area (Å²) < 4.78 is 37.4. The highest BCUT2D eigenvalue weighted by molar-refractivity contribution is 5.75. The lowest BCUT2D eigenvalue weighted by molar-refractivity contribution is 0.127. The largest absolute Gasteiger partial charge is 0.447 e. The molecule has 0 radical (unpaired) electrons. The van der Waals surface area contributed by atoms with Crippen LogP contribution < -0.4 is 5.32 Å². The lowest BCUT2D eigenvalue weighted by Crippen LogP contribution is -2.55. The number of carbonyl (C=O) groups is 2. The maximum atomic E-state index is 13.8. The quantitative estimate of drug-likeness (QED) is 0.864. The number of ether oxygens (including phenoxy) is 1. The lowest BCUT2D eigenvalue weighted by Gasteiger charge is -2.35. The zero-order valence-electron chi connectivity index (χ0n) is 14.0. The molecule has 3 amide bonds. The van der Waals surface area contributed by atoms with Crippen LogP contribution in [-0.4, -0.2) is 64.3 Å². The number of fused-ring (bicyclic) bond motifs is 1. The third kappa shape index (κ3) is 3.27. The second-order valence-corrected chi connectivity index (χ2v) is 6.14. The smallest absolute Gasteiger partial charge is 0.410 e. The molecule has 2 saturated heterocycles. The van der Waals surface area contributed by atoms with Gasteiger partial charge in [0.2, 0.25) is 0 Å². The van der Waals surface area contributed by atoms with Gasteiger partial charge in [-0.05, 0) is 12.1 Å². The Morgan fingerprint density at radius 1 is 1.30 bits per heavy atom. The van der Waals surface area contributed by atoms with Gasteiger partial charge in [-0.15, -0.1) is 0 Å². The molecular weight excluding hydrogens is 364 g/mol. The number of nitrogens with zero attached hydrogens (tertiary/aromatic N) is 4. The molecule has 0 bridgehead atoms. The summed E-state index contributed by atoms with van der Waals surface area (Å²) in [7, 11) is 0. The Morgan fingerprint density at radius 3 is 2.85 bits per heavy atom. The number of hydrogen-bond donors (Lipinski definition) is 1. The zero-order chi connectivity index (χ0) is 19.0. The summed E-state index contributed by atoms with van der Waals surface area (Å²) in [5, 5.41) is 6.25. The van der Waals surface area contributed by atoms with Gasteiger partial charge in [0.25, 0.3) is 5.89 Å². The molecule has 1 atom stereocenters. The summed E-state index contributed by atoms with van der Waals surface area (Å²) >= 11 is 0. The molecule has 27 heavy (non-hydrogen) atoms. The molecule has 11 heteroatoms. The lowest BCUT2D eigenvalue weighted by atomic mass is 10.2. The number of rotatable bonds is 3. The van der Waals surface area contributed by atoms with Crippen molar-refractivity contribution in [2.24, 2.45) is 0 Å². The molecule has 1 aromatic carbocycles. The molecule has 0 spiro atoms. The van der Waals surface area contributed by atoms with Crippen LogP contribution >= 0.6 is 0 Å².